The Morgan fingerprint density at radius 1 is 1.08 bits per heavy atom. The number of nitriles is 1. The highest BCUT2D eigenvalue weighted by Crippen LogP contribution is 2.23. The van der Waals surface area contributed by atoms with Crippen LogP contribution in [0.15, 0.2) is 54.6 Å². The second kappa shape index (κ2) is 8.70. The third-order valence-electron chi connectivity index (χ3n) is 4.45. The summed E-state index contributed by atoms with van der Waals surface area (Å²) < 4.78 is 5.53. The third-order valence-corrected chi connectivity index (χ3v) is 4.70. The summed E-state index contributed by atoms with van der Waals surface area (Å²) in [4.78, 5) is 16.2. The Morgan fingerprint density at radius 3 is 2.35 bits per heavy atom. The van der Waals surface area contributed by atoms with Crippen LogP contribution >= 0.6 is 11.6 Å². The molecule has 26 heavy (non-hydrogen) atoms. The van der Waals surface area contributed by atoms with Gasteiger partial charge in [0, 0.05) is 31.2 Å². The molecule has 5 nitrogen and oxygen atoms in total. The summed E-state index contributed by atoms with van der Waals surface area (Å²) in [7, 11) is 0. The number of rotatable bonds is 5. The van der Waals surface area contributed by atoms with Gasteiger partial charge in [-0.25, -0.2) is 0 Å². The molecule has 1 amide bonds. The minimum Gasteiger partial charge on any atom is -0.484 e. The van der Waals surface area contributed by atoms with E-state index in [0.717, 1.165) is 5.56 Å². The molecular formula is C20H20ClN3O2. The Balaban J connectivity index is 1.52. The van der Waals surface area contributed by atoms with Crippen molar-refractivity contribution in [3.8, 4) is 11.8 Å². The van der Waals surface area contributed by atoms with Crippen molar-refractivity contribution in [1.29, 1.82) is 5.26 Å². The van der Waals surface area contributed by atoms with E-state index in [1.54, 1.807) is 17.0 Å². The number of halogens is 1. The Morgan fingerprint density at radius 2 is 1.73 bits per heavy atom. The lowest BCUT2D eigenvalue weighted by molar-refractivity contribution is -0.135. The predicted octanol–water partition coefficient (Wildman–Crippen LogP) is 3.13. The minimum atomic E-state index is -0.329. The number of carbonyl (C=O) groups is 1. The number of amides is 1. The Labute approximate surface area is 158 Å². The molecule has 0 N–H and O–H groups in total. The molecule has 2 aromatic rings. The summed E-state index contributed by atoms with van der Waals surface area (Å²) >= 11 is 5.92. The lowest BCUT2D eigenvalue weighted by Gasteiger charge is -2.37. The van der Waals surface area contributed by atoms with E-state index in [-0.39, 0.29) is 18.6 Å². The number of carbonyl (C=O) groups excluding carboxylic acids is 1. The van der Waals surface area contributed by atoms with Crippen molar-refractivity contribution < 1.29 is 9.53 Å². The molecule has 134 valence electrons. The van der Waals surface area contributed by atoms with Crippen LogP contribution in [0.4, 0.5) is 0 Å². The fourth-order valence-corrected chi connectivity index (χ4v) is 3.12. The van der Waals surface area contributed by atoms with Gasteiger partial charge in [0.2, 0.25) is 0 Å². The molecule has 1 aliphatic rings. The van der Waals surface area contributed by atoms with Gasteiger partial charge in [0.15, 0.2) is 6.61 Å². The van der Waals surface area contributed by atoms with Crippen LogP contribution in [-0.4, -0.2) is 48.5 Å². The van der Waals surface area contributed by atoms with Gasteiger partial charge in [-0.15, -0.1) is 0 Å². The molecule has 1 saturated heterocycles. The second-order valence-electron chi connectivity index (χ2n) is 6.10. The molecule has 1 unspecified atom stereocenters. The Bertz CT molecular complexity index is 766. The first-order valence-electron chi connectivity index (χ1n) is 8.52. The molecular weight excluding hydrogens is 350 g/mol. The van der Waals surface area contributed by atoms with Crippen LogP contribution in [0, 0.1) is 11.3 Å². The van der Waals surface area contributed by atoms with Crippen LogP contribution in [0.3, 0.4) is 0 Å². The topological polar surface area (TPSA) is 56.6 Å². The maximum Gasteiger partial charge on any atom is 0.260 e. The van der Waals surface area contributed by atoms with Gasteiger partial charge in [0.05, 0.1) is 6.07 Å². The van der Waals surface area contributed by atoms with Crippen molar-refractivity contribution in [3.05, 3.63) is 65.2 Å². The number of ether oxygens (including phenoxy) is 1. The first-order chi connectivity index (χ1) is 12.7. The Hall–Kier alpha value is -2.55. The molecule has 0 bridgehead atoms. The summed E-state index contributed by atoms with van der Waals surface area (Å²) in [6.07, 6.45) is 0. The van der Waals surface area contributed by atoms with E-state index < -0.39 is 0 Å². The maximum atomic E-state index is 12.3. The molecule has 0 aliphatic carbocycles. The lowest BCUT2D eigenvalue weighted by Crippen LogP contribution is -2.50. The molecule has 0 aromatic heterocycles. The van der Waals surface area contributed by atoms with Crippen molar-refractivity contribution in [2.24, 2.45) is 0 Å². The molecule has 3 rings (SSSR count). The van der Waals surface area contributed by atoms with Crippen molar-refractivity contribution in [2.45, 2.75) is 6.04 Å². The quantitative estimate of drug-likeness (QED) is 0.812. The standard InChI is InChI=1S/C20H20ClN3O2/c21-17-8-6-16(7-9-17)19(14-22)23-10-12-24(13-11-23)20(25)15-26-18-4-2-1-3-5-18/h1-9,19H,10-13,15H2. The van der Waals surface area contributed by atoms with Crippen LogP contribution in [0.2, 0.25) is 5.02 Å². The zero-order valence-corrected chi connectivity index (χ0v) is 15.1. The molecule has 0 spiro atoms. The summed E-state index contributed by atoms with van der Waals surface area (Å²) in [6.45, 7) is 2.50. The van der Waals surface area contributed by atoms with Crippen molar-refractivity contribution >= 4 is 17.5 Å². The van der Waals surface area contributed by atoms with Gasteiger partial charge in [-0.05, 0) is 29.8 Å². The normalized spacial score (nSPS) is 15.9. The molecule has 6 heteroatoms. The molecule has 1 atom stereocenters. The molecule has 1 heterocycles. The fourth-order valence-electron chi connectivity index (χ4n) is 2.99. The van der Waals surface area contributed by atoms with Gasteiger partial charge in [-0.2, -0.15) is 5.26 Å². The number of nitrogens with zero attached hydrogens (tertiary/aromatic N) is 3. The highest BCUT2D eigenvalue weighted by atomic mass is 35.5. The average Bonchev–Trinajstić information content (AvgIpc) is 2.69. The van der Waals surface area contributed by atoms with Crippen LogP contribution < -0.4 is 4.74 Å². The predicted molar refractivity (Wildman–Crippen MR) is 99.9 cm³/mol. The van der Waals surface area contributed by atoms with E-state index in [2.05, 4.69) is 11.0 Å². The second-order valence-corrected chi connectivity index (χ2v) is 6.54. The first-order valence-corrected chi connectivity index (χ1v) is 8.90. The summed E-state index contributed by atoms with van der Waals surface area (Å²) in [6, 6.07) is 18.7. The molecule has 1 aliphatic heterocycles. The van der Waals surface area contributed by atoms with Crippen LogP contribution in [0.5, 0.6) is 5.75 Å². The molecule has 0 radical (unpaired) electrons. The van der Waals surface area contributed by atoms with Gasteiger partial charge in [-0.3, -0.25) is 9.69 Å². The van der Waals surface area contributed by atoms with Crippen LogP contribution in [-0.2, 0) is 4.79 Å². The number of piperazine rings is 1. The number of para-hydroxylation sites is 1. The summed E-state index contributed by atoms with van der Waals surface area (Å²) in [5.74, 6) is 0.653. The number of benzene rings is 2. The van der Waals surface area contributed by atoms with Gasteiger partial charge in [0.1, 0.15) is 11.8 Å². The monoisotopic (exact) mass is 369 g/mol. The third kappa shape index (κ3) is 4.54. The summed E-state index contributed by atoms with van der Waals surface area (Å²) in [5.41, 5.74) is 0.920. The lowest BCUT2D eigenvalue weighted by atomic mass is 10.1. The first kappa shape index (κ1) is 18.2. The Kier molecular flexibility index (Phi) is 6.11. The number of hydrogen-bond donors (Lipinski definition) is 0. The smallest absolute Gasteiger partial charge is 0.260 e. The minimum absolute atomic E-state index is 0.0306. The zero-order chi connectivity index (χ0) is 18.4. The average molecular weight is 370 g/mol. The van der Waals surface area contributed by atoms with E-state index in [0.29, 0.717) is 37.0 Å². The molecule has 2 aromatic carbocycles. The van der Waals surface area contributed by atoms with Crippen molar-refractivity contribution in [1.82, 2.24) is 9.80 Å². The fraction of sp³-hybridized carbons (Fsp3) is 0.300. The van der Waals surface area contributed by atoms with E-state index in [9.17, 15) is 10.1 Å². The van der Waals surface area contributed by atoms with Gasteiger partial charge >= 0.3 is 0 Å². The zero-order valence-electron chi connectivity index (χ0n) is 14.3. The van der Waals surface area contributed by atoms with Crippen molar-refractivity contribution in [2.75, 3.05) is 32.8 Å². The van der Waals surface area contributed by atoms with Gasteiger partial charge in [0.25, 0.3) is 5.91 Å². The van der Waals surface area contributed by atoms with Gasteiger partial charge in [-0.1, -0.05) is 41.9 Å². The number of hydrogen-bond acceptors (Lipinski definition) is 4. The van der Waals surface area contributed by atoms with E-state index >= 15 is 0 Å². The maximum absolute atomic E-state index is 12.3. The van der Waals surface area contributed by atoms with Crippen molar-refractivity contribution in [3.63, 3.8) is 0 Å². The largest absolute Gasteiger partial charge is 0.484 e. The van der Waals surface area contributed by atoms with E-state index in [1.807, 2.05) is 42.5 Å². The highest BCUT2D eigenvalue weighted by Gasteiger charge is 2.27. The van der Waals surface area contributed by atoms with Crippen LogP contribution in [0.25, 0.3) is 0 Å². The molecule has 1 fully saturated rings. The SMILES string of the molecule is N#CC(c1ccc(Cl)cc1)N1CCN(C(=O)COc2ccccc2)CC1. The van der Waals surface area contributed by atoms with Crippen LogP contribution in [0.1, 0.15) is 11.6 Å². The van der Waals surface area contributed by atoms with E-state index in [1.165, 1.54) is 0 Å². The molecule has 0 saturated carbocycles. The highest BCUT2D eigenvalue weighted by molar-refractivity contribution is 6.30. The van der Waals surface area contributed by atoms with E-state index in [4.69, 9.17) is 16.3 Å². The summed E-state index contributed by atoms with van der Waals surface area (Å²) in [5, 5.41) is 10.2. The van der Waals surface area contributed by atoms with Gasteiger partial charge < -0.3 is 9.64 Å².